The van der Waals surface area contributed by atoms with Crippen LogP contribution in [0.5, 0.6) is 0 Å². The van der Waals surface area contributed by atoms with Gasteiger partial charge in [-0.3, -0.25) is 9.89 Å². The number of carbonyl (C=O) groups excluding carboxylic acids is 1. The summed E-state index contributed by atoms with van der Waals surface area (Å²) in [6, 6.07) is 17.0. The molecule has 0 radical (unpaired) electrons. The maximum Gasteiger partial charge on any atom is 0.256 e. The number of imidazole rings is 1. The molecule has 0 fully saturated rings. The van der Waals surface area contributed by atoms with Crippen LogP contribution in [0.15, 0.2) is 59.5 Å². The van der Waals surface area contributed by atoms with E-state index in [1.165, 1.54) is 0 Å². The monoisotopic (exact) mass is 349 g/mol. The van der Waals surface area contributed by atoms with Gasteiger partial charge in [0.1, 0.15) is 5.69 Å². The fraction of sp³-hybridized carbons (Fsp3) is 0.0556. The summed E-state index contributed by atoms with van der Waals surface area (Å²) in [5, 5.41) is 9.83. The zero-order chi connectivity index (χ0) is 17.2. The number of nitrogens with one attached hydrogen (secondary N) is 3. The molecule has 0 unspecified atom stereocenters. The fourth-order valence-electron chi connectivity index (χ4n) is 2.52. The van der Waals surface area contributed by atoms with Crippen molar-refractivity contribution in [1.82, 2.24) is 20.2 Å². The van der Waals surface area contributed by atoms with E-state index < -0.39 is 0 Å². The topological polar surface area (TPSA) is 86.5 Å². The number of fused-ring (bicyclic) bond motifs is 1. The van der Waals surface area contributed by atoms with Gasteiger partial charge < -0.3 is 10.3 Å². The molecule has 2 aromatic carbocycles. The van der Waals surface area contributed by atoms with Crippen LogP contribution in [0.3, 0.4) is 0 Å². The van der Waals surface area contributed by atoms with Gasteiger partial charge in [0.25, 0.3) is 5.91 Å². The van der Waals surface area contributed by atoms with E-state index in [2.05, 4.69) is 25.5 Å². The molecule has 1 amide bonds. The van der Waals surface area contributed by atoms with Crippen LogP contribution in [0.1, 0.15) is 10.4 Å². The Bertz CT molecular complexity index is 1000. The van der Waals surface area contributed by atoms with Crippen LogP contribution in [0, 0.1) is 0 Å². The zero-order valence-corrected chi connectivity index (χ0v) is 14.2. The first-order valence-electron chi connectivity index (χ1n) is 7.69. The number of para-hydroxylation sites is 2. The Balaban J connectivity index is 1.53. The standard InChI is InChI=1S/C18H15N5OS/c1-25-12-8-6-11(7-9-12)18(24)21-16-10-15(22-23-16)17-19-13-4-2-3-5-14(13)20-17/h2-10H,1H3,(H,19,20)(H2,21,22,23,24). The van der Waals surface area contributed by atoms with Gasteiger partial charge in [0.2, 0.25) is 0 Å². The lowest BCUT2D eigenvalue weighted by Gasteiger charge is -2.02. The largest absolute Gasteiger partial charge is 0.337 e. The van der Waals surface area contributed by atoms with Crippen molar-refractivity contribution in [2.24, 2.45) is 0 Å². The predicted octanol–water partition coefficient (Wildman–Crippen LogP) is 3.93. The van der Waals surface area contributed by atoms with E-state index in [0.29, 0.717) is 22.9 Å². The van der Waals surface area contributed by atoms with E-state index in [9.17, 15) is 4.79 Å². The molecule has 3 N–H and O–H groups in total. The van der Waals surface area contributed by atoms with E-state index in [-0.39, 0.29) is 5.91 Å². The maximum atomic E-state index is 12.3. The Morgan fingerprint density at radius 3 is 2.68 bits per heavy atom. The third-order valence-electron chi connectivity index (χ3n) is 3.82. The molecule has 4 rings (SSSR count). The Hall–Kier alpha value is -3.06. The molecule has 2 aromatic heterocycles. The summed E-state index contributed by atoms with van der Waals surface area (Å²) in [7, 11) is 0. The minimum Gasteiger partial charge on any atom is -0.337 e. The highest BCUT2D eigenvalue weighted by molar-refractivity contribution is 7.98. The first-order valence-corrected chi connectivity index (χ1v) is 8.91. The molecule has 0 saturated heterocycles. The van der Waals surface area contributed by atoms with Crippen LogP contribution in [-0.4, -0.2) is 32.3 Å². The van der Waals surface area contributed by atoms with Gasteiger partial charge in [-0.05, 0) is 42.7 Å². The number of aromatic nitrogens is 4. The molecule has 0 saturated carbocycles. The molecule has 0 bridgehead atoms. The molecule has 7 heteroatoms. The lowest BCUT2D eigenvalue weighted by molar-refractivity contribution is 0.102. The maximum absolute atomic E-state index is 12.3. The molecule has 124 valence electrons. The first-order chi connectivity index (χ1) is 12.2. The minimum atomic E-state index is -0.199. The van der Waals surface area contributed by atoms with Gasteiger partial charge in [0.15, 0.2) is 11.6 Å². The average molecular weight is 349 g/mol. The van der Waals surface area contributed by atoms with Crippen molar-refractivity contribution in [3.63, 3.8) is 0 Å². The van der Waals surface area contributed by atoms with E-state index >= 15 is 0 Å². The first kappa shape index (κ1) is 15.5. The fourth-order valence-corrected chi connectivity index (χ4v) is 2.93. The van der Waals surface area contributed by atoms with Crippen LogP contribution >= 0.6 is 11.8 Å². The van der Waals surface area contributed by atoms with Gasteiger partial charge in [-0.25, -0.2) is 4.98 Å². The van der Waals surface area contributed by atoms with Gasteiger partial charge in [-0.1, -0.05) is 12.1 Å². The molecule has 0 aliphatic carbocycles. The van der Waals surface area contributed by atoms with E-state index in [0.717, 1.165) is 15.9 Å². The Morgan fingerprint density at radius 1 is 1.12 bits per heavy atom. The molecule has 2 heterocycles. The summed E-state index contributed by atoms with van der Waals surface area (Å²) >= 11 is 1.64. The second-order valence-electron chi connectivity index (χ2n) is 5.45. The second-order valence-corrected chi connectivity index (χ2v) is 6.33. The van der Waals surface area contributed by atoms with Crippen molar-refractivity contribution in [3.8, 4) is 11.5 Å². The highest BCUT2D eigenvalue weighted by atomic mass is 32.2. The summed E-state index contributed by atoms with van der Waals surface area (Å²) in [6.07, 6.45) is 2.00. The molecular weight excluding hydrogens is 334 g/mol. The number of nitrogens with zero attached hydrogens (tertiary/aromatic N) is 2. The second kappa shape index (κ2) is 6.45. The number of thioether (sulfide) groups is 1. The number of amides is 1. The van der Waals surface area contributed by atoms with E-state index in [1.54, 1.807) is 30.0 Å². The van der Waals surface area contributed by atoms with E-state index in [1.807, 2.05) is 42.7 Å². The van der Waals surface area contributed by atoms with Crippen LogP contribution in [-0.2, 0) is 0 Å². The number of rotatable bonds is 4. The SMILES string of the molecule is CSc1ccc(C(=O)Nc2cc(-c3nc4ccccc4[nH]3)[nH]n2)cc1. The quantitative estimate of drug-likeness (QED) is 0.487. The molecule has 6 nitrogen and oxygen atoms in total. The Labute approximate surface area is 148 Å². The lowest BCUT2D eigenvalue weighted by atomic mass is 10.2. The Kier molecular flexibility index (Phi) is 3.99. The number of aromatic amines is 2. The number of hydrogen-bond donors (Lipinski definition) is 3. The number of benzene rings is 2. The summed E-state index contributed by atoms with van der Waals surface area (Å²) in [4.78, 5) is 21.2. The normalized spacial score (nSPS) is 10.9. The van der Waals surface area contributed by atoms with Crippen molar-refractivity contribution in [2.45, 2.75) is 4.90 Å². The van der Waals surface area contributed by atoms with Crippen LogP contribution in [0.2, 0.25) is 0 Å². The third kappa shape index (κ3) is 3.14. The highest BCUT2D eigenvalue weighted by Crippen LogP contribution is 2.21. The predicted molar refractivity (Wildman–Crippen MR) is 99.9 cm³/mol. The smallest absolute Gasteiger partial charge is 0.256 e. The summed E-state index contributed by atoms with van der Waals surface area (Å²) in [6.45, 7) is 0. The van der Waals surface area contributed by atoms with Gasteiger partial charge in [-0.15, -0.1) is 11.8 Å². The molecule has 4 aromatic rings. The van der Waals surface area contributed by atoms with E-state index in [4.69, 9.17) is 0 Å². The van der Waals surface area contributed by atoms with Crippen molar-refractivity contribution in [2.75, 3.05) is 11.6 Å². The molecule has 0 spiro atoms. The number of anilines is 1. The zero-order valence-electron chi connectivity index (χ0n) is 13.4. The van der Waals surface area contributed by atoms with Crippen molar-refractivity contribution < 1.29 is 4.79 Å². The molecule has 25 heavy (non-hydrogen) atoms. The van der Waals surface area contributed by atoms with Crippen LogP contribution < -0.4 is 5.32 Å². The third-order valence-corrected chi connectivity index (χ3v) is 4.56. The van der Waals surface area contributed by atoms with Gasteiger partial charge in [-0.2, -0.15) is 5.10 Å². The minimum absolute atomic E-state index is 0.199. The summed E-state index contributed by atoms with van der Waals surface area (Å²) in [5.74, 6) is 0.934. The number of H-pyrrole nitrogens is 2. The van der Waals surface area contributed by atoms with Gasteiger partial charge in [0, 0.05) is 16.5 Å². The van der Waals surface area contributed by atoms with Crippen molar-refractivity contribution in [1.29, 1.82) is 0 Å². The lowest BCUT2D eigenvalue weighted by Crippen LogP contribution is -2.11. The molecule has 0 aliphatic heterocycles. The van der Waals surface area contributed by atoms with Gasteiger partial charge >= 0.3 is 0 Å². The van der Waals surface area contributed by atoms with Crippen LogP contribution in [0.25, 0.3) is 22.6 Å². The van der Waals surface area contributed by atoms with Crippen molar-refractivity contribution >= 4 is 34.5 Å². The average Bonchev–Trinajstić information content (AvgIpc) is 3.28. The van der Waals surface area contributed by atoms with Crippen LogP contribution in [0.4, 0.5) is 5.82 Å². The summed E-state index contributed by atoms with van der Waals surface area (Å²) in [5.41, 5.74) is 3.13. The van der Waals surface area contributed by atoms with Crippen molar-refractivity contribution in [3.05, 3.63) is 60.2 Å². The summed E-state index contributed by atoms with van der Waals surface area (Å²) < 4.78 is 0. The van der Waals surface area contributed by atoms with Gasteiger partial charge in [0.05, 0.1) is 11.0 Å². The number of hydrogen-bond acceptors (Lipinski definition) is 4. The molecular formula is C18H15N5OS. The number of carbonyl (C=O) groups is 1. The Morgan fingerprint density at radius 2 is 1.92 bits per heavy atom. The molecule has 0 aliphatic rings. The molecule has 0 atom stereocenters. The highest BCUT2D eigenvalue weighted by Gasteiger charge is 2.11.